The highest BCUT2D eigenvalue weighted by Gasteiger charge is 2.05. The fourth-order valence-electron chi connectivity index (χ4n) is 2.66. The average molecular weight is 294 g/mol. The Morgan fingerprint density at radius 2 is 1.67 bits per heavy atom. The first kappa shape index (κ1) is 19.9. The molecule has 1 atom stereocenters. The molecule has 0 unspecified atom stereocenters. The number of hydrogen-bond acceptors (Lipinski definition) is 1. The maximum absolute atomic E-state index is 10.6. The van der Waals surface area contributed by atoms with Gasteiger partial charge in [0.1, 0.15) is 0 Å². The van der Waals surface area contributed by atoms with Gasteiger partial charge in [0, 0.05) is 0 Å². The molecule has 2 nitrogen and oxygen atoms in total. The zero-order chi connectivity index (χ0) is 16.1. The Bertz CT molecular complexity index is 339. The fourth-order valence-corrected chi connectivity index (χ4v) is 2.66. The quantitative estimate of drug-likeness (QED) is 0.347. The number of carbonyl (C=O) groups is 1. The third-order valence-electron chi connectivity index (χ3n) is 3.67. The van der Waals surface area contributed by atoms with E-state index in [4.69, 9.17) is 5.11 Å². The second kappa shape index (κ2) is 12.7. The van der Waals surface area contributed by atoms with Gasteiger partial charge in [0.2, 0.25) is 0 Å². The van der Waals surface area contributed by atoms with Crippen LogP contribution in [-0.2, 0) is 4.79 Å². The van der Waals surface area contributed by atoms with Gasteiger partial charge < -0.3 is 5.11 Å². The number of carboxylic acid groups (broad SMARTS) is 1. The molecule has 0 saturated heterocycles. The summed E-state index contributed by atoms with van der Waals surface area (Å²) in [7, 11) is 0. The van der Waals surface area contributed by atoms with Crippen molar-refractivity contribution < 1.29 is 9.90 Å². The molecule has 2 heteroatoms. The number of carboxylic acids is 1. The Kier molecular flexibility index (Phi) is 12.0. The summed E-state index contributed by atoms with van der Waals surface area (Å²) in [5, 5.41) is 8.76. The zero-order valence-corrected chi connectivity index (χ0v) is 14.5. The van der Waals surface area contributed by atoms with E-state index in [0.29, 0.717) is 0 Å². The number of allylic oxidation sites excluding steroid dienone is 4. The fraction of sp³-hybridized carbons (Fsp3) is 0.737. The third-order valence-corrected chi connectivity index (χ3v) is 3.67. The lowest BCUT2D eigenvalue weighted by atomic mass is 10.00. The summed E-state index contributed by atoms with van der Waals surface area (Å²) >= 11 is 0. The van der Waals surface area contributed by atoms with Crippen LogP contribution in [0, 0.1) is 5.92 Å². The van der Waals surface area contributed by atoms with Gasteiger partial charge in [-0.2, -0.15) is 0 Å². The number of unbranched alkanes of at least 4 members (excludes halogenated alkanes) is 6. The summed E-state index contributed by atoms with van der Waals surface area (Å²) in [6.07, 6.45) is 14.9. The van der Waals surface area contributed by atoms with Crippen LogP contribution in [0.1, 0.15) is 85.5 Å². The predicted octanol–water partition coefficient (Wildman–Crippen LogP) is 6.13. The molecule has 0 heterocycles. The second-order valence-corrected chi connectivity index (χ2v) is 6.37. The van der Waals surface area contributed by atoms with Gasteiger partial charge in [-0.15, -0.1) is 0 Å². The number of hydrogen-bond donors (Lipinski definition) is 1. The van der Waals surface area contributed by atoms with Crippen molar-refractivity contribution in [1.82, 2.24) is 0 Å². The summed E-state index contributed by atoms with van der Waals surface area (Å²) in [6, 6.07) is 0. The molecule has 0 saturated carbocycles. The van der Waals surface area contributed by atoms with Crippen molar-refractivity contribution in [3.05, 3.63) is 23.3 Å². The largest absolute Gasteiger partial charge is 0.481 e. The second-order valence-electron chi connectivity index (χ2n) is 6.37. The van der Waals surface area contributed by atoms with E-state index in [1.54, 1.807) is 0 Å². The summed E-state index contributed by atoms with van der Waals surface area (Å²) in [4.78, 5) is 10.6. The van der Waals surface area contributed by atoms with Crippen LogP contribution in [0.25, 0.3) is 0 Å². The van der Waals surface area contributed by atoms with Crippen LogP contribution in [0.3, 0.4) is 0 Å². The van der Waals surface area contributed by atoms with Gasteiger partial charge in [0.15, 0.2) is 0 Å². The summed E-state index contributed by atoms with van der Waals surface area (Å²) in [6.45, 7) is 8.49. The van der Waals surface area contributed by atoms with E-state index in [1.165, 1.54) is 56.1 Å². The standard InChI is InChI=1S/C19H34O2/c1-5-6-7-8-9-10-11-12-16(2)13-17(3)14-18(4)15-19(20)21/h12,14,18H,5-11,13,15H2,1-4H3,(H,20,21)/b16-12-,17-14+/t18-/m0/s1. The maximum Gasteiger partial charge on any atom is 0.303 e. The summed E-state index contributed by atoms with van der Waals surface area (Å²) < 4.78 is 0. The van der Waals surface area contributed by atoms with E-state index in [9.17, 15) is 4.79 Å². The highest BCUT2D eigenvalue weighted by molar-refractivity contribution is 5.67. The monoisotopic (exact) mass is 294 g/mol. The molecule has 21 heavy (non-hydrogen) atoms. The molecule has 0 fully saturated rings. The molecule has 0 spiro atoms. The highest BCUT2D eigenvalue weighted by Crippen LogP contribution is 2.16. The van der Waals surface area contributed by atoms with E-state index in [1.807, 2.05) is 6.92 Å². The summed E-state index contributed by atoms with van der Waals surface area (Å²) in [5.41, 5.74) is 2.68. The molecule has 0 aliphatic carbocycles. The lowest BCUT2D eigenvalue weighted by molar-refractivity contribution is -0.137. The van der Waals surface area contributed by atoms with Gasteiger partial charge in [0.25, 0.3) is 0 Å². The van der Waals surface area contributed by atoms with E-state index in [2.05, 4.69) is 32.9 Å². The van der Waals surface area contributed by atoms with Crippen molar-refractivity contribution in [1.29, 1.82) is 0 Å². The Hall–Kier alpha value is -1.05. The smallest absolute Gasteiger partial charge is 0.303 e. The molecule has 0 bridgehead atoms. The van der Waals surface area contributed by atoms with Crippen molar-refractivity contribution in [2.24, 2.45) is 5.92 Å². The van der Waals surface area contributed by atoms with Crippen LogP contribution in [0.15, 0.2) is 23.3 Å². The molecule has 0 aromatic carbocycles. The van der Waals surface area contributed by atoms with Crippen LogP contribution in [0.2, 0.25) is 0 Å². The molecular formula is C19H34O2. The minimum absolute atomic E-state index is 0.119. The van der Waals surface area contributed by atoms with Crippen molar-refractivity contribution >= 4 is 5.97 Å². The normalized spacial score (nSPS) is 14.3. The molecule has 122 valence electrons. The molecule has 0 rings (SSSR count). The zero-order valence-electron chi connectivity index (χ0n) is 14.5. The summed E-state index contributed by atoms with van der Waals surface area (Å²) in [5.74, 6) is -0.601. The molecule has 0 radical (unpaired) electrons. The minimum atomic E-state index is -0.720. The van der Waals surface area contributed by atoms with Gasteiger partial charge in [-0.1, -0.05) is 69.2 Å². The molecule has 0 aliphatic heterocycles. The first-order valence-corrected chi connectivity index (χ1v) is 8.50. The van der Waals surface area contributed by atoms with Crippen molar-refractivity contribution in [3.8, 4) is 0 Å². The molecule has 0 aliphatic rings. The first-order chi connectivity index (χ1) is 9.95. The van der Waals surface area contributed by atoms with Gasteiger partial charge in [-0.05, 0) is 39.0 Å². The highest BCUT2D eigenvalue weighted by atomic mass is 16.4. The molecule has 0 amide bonds. The van der Waals surface area contributed by atoms with Gasteiger partial charge >= 0.3 is 5.97 Å². The minimum Gasteiger partial charge on any atom is -0.481 e. The van der Waals surface area contributed by atoms with Crippen LogP contribution in [0.4, 0.5) is 0 Å². The van der Waals surface area contributed by atoms with E-state index in [0.717, 1.165) is 6.42 Å². The Balaban J connectivity index is 3.89. The first-order valence-electron chi connectivity index (χ1n) is 8.50. The SMILES string of the molecule is CCCCCCCC/C=C(/C)C/C(C)=C/[C@H](C)CC(=O)O. The molecule has 1 N–H and O–H groups in total. The lowest BCUT2D eigenvalue weighted by Gasteiger charge is -2.07. The Morgan fingerprint density at radius 3 is 2.29 bits per heavy atom. The Morgan fingerprint density at radius 1 is 1.05 bits per heavy atom. The van der Waals surface area contributed by atoms with E-state index < -0.39 is 5.97 Å². The van der Waals surface area contributed by atoms with E-state index >= 15 is 0 Å². The van der Waals surface area contributed by atoms with Crippen molar-refractivity contribution in [2.45, 2.75) is 85.5 Å². The van der Waals surface area contributed by atoms with Gasteiger partial charge in [-0.3, -0.25) is 4.79 Å². The van der Waals surface area contributed by atoms with Crippen molar-refractivity contribution in [2.75, 3.05) is 0 Å². The average Bonchev–Trinajstić information content (AvgIpc) is 2.36. The van der Waals surface area contributed by atoms with Gasteiger partial charge in [-0.25, -0.2) is 0 Å². The lowest BCUT2D eigenvalue weighted by Crippen LogP contribution is -2.02. The maximum atomic E-state index is 10.6. The molecule has 0 aromatic rings. The van der Waals surface area contributed by atoms with Crippen molar-refractivity contribution in [3.63, 3.8) is 0 Å². The molecule has 0 aromatic heterocycles. The third kappa shape index (κ3) is 13.7. The number of aliphatic carboxylic acids is 1. The van der Waals surface area contributed by atoms with Crippen LogP contribution >= 0.6 is 0 Å². The van der Waals surface area contributed by atoms with Crippen LogP contribution in [-0.4, -0.2) is 11.1 Å². The number of rotatable bonds is 12. The van der Waals surface area contributed by atoms with Gasteiger partial charge in [0.05, 0.1) is 6.42 Å². The van der Waals surface area contributed by atoms with Crippen LogP contribution in [0.5, 0.6) is 0 Å². The topological polar surface area (TPSA) is 37.3 Å². The molecular weight excluding hydrogens is 260 g/mol. The Labute approximate surface area is 131 Å². The predicted molar refractivity (Wildman–Crippen MR) is 91.5 cm³/mol. The van der Waals surface area contributed by atoms with Crippen LogP contribution < -0.4 is 0 Å². The van der Waals surface area contributed by atoms with E-state index in [-0.39, 0.29) is 12.3 Å².